The summed E-state index contributed by atoms with van der Waals surface area (Å²) >= 11 is 0. The lowest BCUT2D eigenvalue weighted by Crippen LogP contribution is -2.27. The Balaban J connectivity index is 2.06. The zero-order valence-corrected chi connectivity index (χ0v) is 14.4. The molecule has 0 saturated heterocycles. The topological polar surface area (TPSA) is 69.7 Å². The molecule has 5 heteroatoms. The van der Waals surface area contributed by atoms with E-state index in [1.807, 2.05) is 6.92 Å². The molecular weight excluding hydrogens is 332 g/mol. The van der Waals surface area contributed by atoms with Gasteiger partial charge in [0.05, 0.1) is 6.61 Å². The standard InChI is InChI=1S/C21H18O5/c1-2-25-12-13-26-21(24)18-17(14-8-4-3-5-9-14)19(22)15-10-6-7-11-16(15)20(18)23/h3-11H,2,12-13H2,1H3. The summed E-state index contributed by atoms with van der Waals surface area (Å²) in [5.41, 5.74) is 0.875. The van der Waals surface area contributed by atoms with Crippen LogP contribution in [0.4, 0.5) is 0 Å². The van der Waals surface area contributed by atoms with Gasteiger partial charge in [0.2, 0.25) is 5.78 Å². The highest BCUT2D eigenvalue weighted by Gasteiger charge is 2.37. The third-order valence-corrected chi connectivity index (χ3v) is 4.05. The molecule has 0 N–H and O–H groups in total. The van der Waals surface area contributed by atoms with Crippen LogP contribution in [0.1, 0.15) is 33.2 Å². The summed E-state index contributed by atoms with van der Waals surface area (Å²) in [5.74, 6) is -1.67. The molecule has 132 valence electrons. The van der Waals surface area contributed by atoms with E-state index < -0.39 is 11.8 Å². The molecule has 0 aliphatic heterocycles. The molecule has 0 radical (unpaired) electrons. The Morgan fingerprint density at radius 1 is 0.846 bits per heavy atom. The smallest absolute Gasteiger partial charge is 0.343 e. The van der Waals surface area contributed by atoms with Crippen molar-refractivity contribution >= 4 is 23.1 Å². The van der Waals surface area contributed by atoms with Crippen LogP contribution in [0, 0.1) is 0 Å². The summed E-state index contributed by atoms with van der Waals surface area (Å²) in [7, 11) is 0. The number of Topliss-reactive ketones (excluding diaryl/α,β-unsaturated/α-hetero) is 2. The first-order valence-electron chi connectivity index (χ1n) is 8.38. The maximum absolute atomic E-state index is 13.0. The van der Waals surface area contributed by atoms with Crippen LogP contribution < -0.4 is 0 Å². The SMILES string of the molecule is CCOCCOC(=O)C1=C(c2ccccc2)C(=O)c2ccccc2C1=O. The van der Waals surface area contributed by atoms with Crippen LogP contribution in [0.3, 0.4) is 0 Å². The van der Waals surface area contributed by atoms with Gasteiger partial charge in [-0.1, -0.05) is 54.6 Å². The Morgan fingerprint density at radius 2 is 1.46 bits per heavy atom. The molecule has 1 aliphatic carbocycles. The Labute approximate surface area is 151 Å². The minimum atomic E-state index is -0.809. The van der Waals surface area contributed by atoms with E-state index in [9.17, 15) is 14.4 Å². The van der Waals surface area contributed by atoms with Gasteiger partial charge < -0.3 is 9.47 Å². The summed E-state index contributed by atoms with van der Waals surface area (Å²) in [6, 6.07) is 15.2. The van der Waals surface area contributed by atoms with Gasteiger partial charge in [-0.05, 0) is 12.5 Å². The number of ketones is 2. The first-order valence-corrected chi connectivity index (χ1v) is 8.38. The van der Waals surface area contributed by atoms with Crippen LogP contribution >= 0.6 is 0 Å². The fourth-order valence-corrected chi connectivity index (χ4v) is 2.86. The van der Waals surface area contributed by atoms with Crippen molar-refractivity contribution in [2.45, 2.75) is 6.92 Å². The molecule has 0 amide bonds. The van der Waals surface area contributed by atoms with Crippen LogP contribution in [0.25, 0.3) is 5.57 Å². The number of hydrogen-bond acceptors (Lipinski definition) is 5. The van der Waals surface area contributed by atoms with E-state index in [2.05, 4.69) is 0 Å². The summed E-state index contributed by atoms with van der Waals surface area (Å²) in [6.07, 6.45) is 0. The number of rotatable bonds is 6. The van der Waals surface area contributed by atoms with Crippen LogP contribution in [0.5, 0.6) is 0 Å². The number of esters is 1. The van der Waals surface area contributed by atoms with E-state index >= 15 is 0 Å². The van der Waals surface area contributed by atoms with E-state index in [0.717, 1.165) is 0 Å². The monoisotopic (exact) mass is 350 g/mol. The highest BCUT2D eigenvalue weighted by Crippen LogP contribution is 2.33. The predicted octanol–water partition coefficient (Wildman–Crippen LogP) is 3.10. The van der Waals surface area contributed by atoms with Crippen molar-refractivity contribution in [2.75, 3.05) is 19.8 Å². The predicted molar refractivity (Wildman–Crippen MR) is 95.9 cm³/mol. The Morgan fingerprint density at radius 3 is 2.12 bits per heavy atom. The maximum Gasteiger partial charge on any atom is 0.343 e. The highest BCUT2D eigenvalue weighted by molar-refractivity contribution is 6.46. The fraction of sp³-hybridized carbons (Fsp3) is 0.190. The first kappa shape index (κ1) is 17.8. The second-order valence-electron chi connectivity index (χ2n) is 5.65. The molecular formula is C21H18O5. The molecule has 1 aliphatic rings. The lowest BCUT2D eigenvalue weighted by molar-refractivity contribution is -0.140. The molecule has 0 saturated carbocycles. The molecule has 2 aromatic rings. The van der Waals surface area contributed by atoms with Gasteiger partial charge in [0.25, 0.3) is 0 Å². The minimum absolute atomic E-state index is 0.0152. The summed E-state index contributed by atoms with van der Waals surface area (Å²) in [4.78, 5) is 38.5. The van der Waals surface area contributed by atoms with Crippen molar-refractivity contribution in [3.63, 3.8) is 0 Å². The second kappa shape index (κ2) is 7.89. The molecule has 0 bridgehead atoms. The van der Waals surface area contributed by atoms with Gasteiger partial charge >= 0.3 is 5.97 Å². The van der Waals surface area contributed by atoms with E-state index in [1.54, 1.807) is 54.6 Å². The van der Waals surface area contributed by atoms with Gasteiger partial charge in [0.15, 0.2) is 5.78 Å². The van der Waals surface area contributed by atoms with Gasteiger partial charge in [0, 0.05) is 23.3 Å². The number of allylic oxidation sites excluding steroid dienone is 1. The van der Waals surface area contributed by atoms with Crippen molar-refractivity contribution < 1.29 is 23.9 Å². The van der Waals surface area contributed by atoms with Crippen molar-refractivity contribution in [2.24, 2.45) is 0 Å². The fourth-order valence-electron chi connectivity index (χ4n) is 2.86. The number of carbonyl (C=O) groups excluding carboxylic acids is 3. The lowest BCUT2D eigenvalue weighted by atomic mass is 9.81. The molecule has 2 aromatic carbocycles. The third-order valence-electron chi connectivity index (χ3n) is 4.05. The minimum Gasteiger partial charge on any atom is -0.460 e. The highest BCUT2D eigenvalue weighted by atomic mass is 16.6. The Kier molecular flexibility index (Phi) is 5.39. The molecule has 0 fully saturated rings. The zero-order chi connectivity index (χ0) is 18.5. The van der Waals surface area contributed by atoms with Gasteiger partial charge in [-0.25, -0.2) is 4.79 Å². The van der Waals surface area contributed by atoms with Crippen LogP contribution in [0.15, 0.2) is 60.2 Å². The summed E-state index contributed by atoms with van der Waals surface area (Å²) in [5, 5.41) is 0. The van der Waals surface area contributed by atoms with Gasteiger partial charge in [-0.3, -0.25) is 9.59 Å². The van der Waals surface area contributed by atoms with E-state index in [4.69, 9.17) is 9.47 Å². The maximum atomic E-state index is 13.0. The zero-order valence-electron chi connectivity index (χ0n) is 14.4. The Hall–Kier alpha value is -3.05. The number of hydrogen-bond donors (Lipinski definition) is 0. The number of benzene rings is 2. The van der Waals surface area contributed by atoms with Crippen molar-refractivity contribution in [1.82, 2.24) is 0 Å². The molecule has 3 rings (SSSR count). The summed E-state index contributed by atoms with van der Waals surface area (Å²) < 4.78 is 10.3. The average Bonchev–Trinajstić information content (AvgIpc) is 2.68. The van der Waals surface area contributed by atoms with E-state index in [0.29, 0.717) is 17.7 Å². The third kappa shape index (κ3) is 3.34. The number of carbonyl (C=O) groups is 3. The largest absolute Gasteiger partial charge is 0.460 e. The Bertz CT molecular complexity index is 880. The summed E-state index contributed by atoms with van der Waals surface area (Å²) in [6.45, 7) is 2.58. The molecule has 0 heterocycles. The van der Waals surface area contributed by atoms with Crippen molar-refractivity contribution in [3.05, 3.63) is 76.9 Å². The second-order valence-corrected chi connectivity index (χ2v) is 5.65. The van der Waals surface area contributed by atoms with E-state index in [1.165, 1.54) is 0 Å². The molecule has 0 spiro atoms. The molecule has 26 heavy (non-hydrogen) atoms. The number of ether oxygens (including phenoxy) is 2. The van der Waals surface area contributed by atoms with Gasteiger partial charge in [0.1, 0.15) is 12.2 Å². The lowest BCUT2D eigenvalue weighted by Gasteiger charge is -2.20. The molecule has 0 atom stereocenters. The van der Waals surface area contributed by atoms with Gasteiger partial charge in [-0.2, -0.15) is 0 Å². The van der Waals surface area contributed by atoms with E-state index in [-0.39, 0.29) is 35.7 Å². The van der Waals surface area contributed by atoms with Crippen LogP contribution in [0.2, 0.25) is 0 Å². The average molecular weight is 350 g/mol. The quantitative estimate of drug-likeness (QED) is 0.455. The van der Waals surface area contributed by atoms with Crippen LogP contribution in [-0.2, 0) is 14.3 Å². The normalized spacial score (nSPS) is 13.6. The number of fused-ring (bicyclic) bond motifs is 1. The van der Waals surface area contributed by atoms with Gasteiger partial charge in [-0.15, -0.1) is 0 Å². The molecule has 5 nitrogen and oxygen atoms in total. The molecule has 0 aromatic heterocycles. The van der Waals surface area contributed by atoms with Crippen molar-refractivity contribution in [3.8, 4) is 0 Å². The molecule has 0 unspecified atom stereocenters. The first-order chi connectivity index (χ1) is 12.6. The van der Waals surface area contributed by atoms with Crippen LogP contribution in [-0.4, -0.2) is 37.4 Å². The van der Waals surface area contributed by atoms with Crippen molar-refractivity contribution in [1.29, 1.82) is 0 Å².